The molecule has 2 heterocycles. The lowest BCUT2D eigenvalue weighted by molar-refractivity contribution is -0.144. The Kier molecular flexibility index (Phi) is 5.18. The molecule has 124 valence electrons. The minimum absolute atomic E-state index is 0.388. The first-order valence-corrected chi connectivity index (χ1v) is 8.00. The minimum atomic E-state index is -0.634. The molecular weight excluding hydrogens is 304 g/mol. The van der Waals surface area contributed by atoms with Crippen molar-refractivity contribution >= 4 is 17.6 Å². The average molecular weight is 324 g/mol. The molecule has 1 aliphatic heterocycles. The standard InChI is InChI=1S/C18H20N4O2/c23-17(20-16-8-4-5-9-19-16)18(24)22-12-10-21(11-13-22)14-15-6-2-1-3-7-15/h1-9H,10-14H2,(H,19,20,23). The first kappa shape index (κ1) is 16.1. The zero-order chi connectivity index (χ0) is 16.8. The molecule has 24 heavy (non-hydrogen) atoms. The van der Waals surface area contributed by atoms with Gasteiger partial charge < -0.3 is 10.2 Å². The van der Waals surface area contributed by atoms with Gasteiger partial charge in [0.1, 0.15) is 5.82 Å². The highest BCUT2D eigenvalue weighted by Crippen LogP contribution is 2.09. The number of nitrogens with one attached hydrogen (secondary N) is 1. The van der Waals surface area contributed by atoms with Crippen molar-refractivity contribution in [1.82, 2.24) is 14.8 Å². The van der Waals surface area contributed by atoms with E-state index < -0.39 is 11.8 Å². The summed E-state index contributed by atoms with van der Waals surface area (Å²) in [5.41, 5.74) is 1.25. The lowest BCUT2D eigenvalue weighted by atomic mass is 10.2. The summed E-state index contributed by atoms with van der Waals surface area (Å²) in [5, 5.41) is 2.54. The molecule has 1 aromatic heterocycles. The first-order valence-electron chi connectivity index (χ1n) is 8.00. The van der Waals surface area contributed by atoms with E-state index >= 15 is 0 Å². The Hall–Kier alpha value is -2.73. The maximum atomic E-state index is 12.2. The largest absolute Gasteiger partial charge is 0.332 e. The van der Waals surface area contributed by atoms with Crippen LogP contribution in [-0.4, -0.2) is 52.8 Å². The summed E-state index contributed by atoms with van der Waals surface area (Å²) in [5.74, 6) is -0.746. The molecular formula is C18H20N4O2. The van der Waals surface area contributed by atoms with Gasteiger partial charge in [0.25, 0.3) is 0 Å². The summed E-state index contributed by atoms with van der Waals surface area (Å²) >= 11 is 0. The van der Waals surface area contributed by atoms with Crippen molar-refractivity contribution in [2.45, 2.75) is 6.54 Å². The van der Waals surface area contributed by atoms with Crippen LogP contribution in [0.4, 0.5) is 5.82 Å². The highest BCUT2D eigenvalue weighted by molar-refractivity contribution is 6.39. The van der Waals surface area contributed by atoms with E-state index in [1.54, 1.807) is 29.3 Å². The van der Waals surface area contributed by atoms with E-state index in [9.17, 15) is 9.59 Å². The number of anilines is 1. The van der Waals surface area contributed by atoms with Gasteiger partial charge in [0, 0.05) is 38.9 Å². The second-order valence-electron chi connectivity index (χ2n) is 5.72. The summed E-state index contributed by atoms with van der Waals surface area (Å²) in [7, 11) is 0. The molecule has 1 saturated heterocycles. The summed E-state index contributed by atoms with van der Waals surface area (Å²) < 4.78 is 0. The van der Waals surface area contributed by atoms with Gasteiger partial charge in [-0.25, -0.2) is 4.98 Å². The zero-order valence-electron chi connectivity index (χ0n) is 13.4. The number of carbonyl (C=O) groups is 2. The molecule has 0 aliphatic carbocycles. The summed E-state index contributed by atoms with van der Waals surface area (Å²) in [6, 6.07) is 15.4. The molecule has 0 bridgehead atoms. The third kappa shape index (κ3) is 4.17. The van der Waals surface area contributed by atoms with Crippen LogP contribution in [0.3, 0.4) is 0 Å². The Bertz CT molecular complexity index is 683. The van der Waals surface area contributed by atoms with E-state index in [-0.39, 0.29) is 0 Å². The maximum absolute atomic E-state index is 12.2. The van der Waals surface area contributed by atoms with Crippen LogP contribution in [0.25, 0.3) is 0 Å². The number of aromatic nitrogens is 1. The van der Waals surface area contributed by atoms with E-state index in [1.807, 2.05) is 18.2 Å². The Balaban J connectivity index is 1.49. The van der Waals surface area contributed by atoms with Crippen LogP contribution >= 0.6 is 0 Å². The van der Waals surface area contributed by atoms with Crippen LogP contribution in [0.15, 0.2) is 54.7 Å². The zero-order valence-corrected chi connectivity index (χ0v) is 13.4. The van der Waals surface area contributed by atoms with Crippen LogP contribution in [0, 0.1) is 0 Å². The highest BCUT2D eigenvalue weighted by Gasteiger charge is 2.26. The van der Waals surface area contributed by atoms with E-state index in [4.69, 9.17) is 0 Å². The van der Waals surface area contributed by atoms with Gasteiger partial charge in [-0.2, -0.15) is 0 Å². The van der Waals surface area contributed by atoms with Crippen molar-refractivity contribution in [3.63, 3.8) is 0 Å². The number of carbonyl (C=O) groups excluding carboxylic acids is 2. The number of benzene rings is 1. The van der Waals surface area contributed by atoms with Gasteiger partial charge in [-0.3, -0.25) is 14.5 Å². The predicted octanol–water partition coefficient (Wildman–Crippen LogP) is 1.36. The van der Waals surface area contributed by atoms with Crippen LogP contribution in [0.5, 0.6) is 0 Å². The van der Waals surface area contributed by atoms with E-state index in [1.165, 1.54) is 5.56 Å². The topological polar surface area (TPSA) is 65.5 Å². The maximum Gasteiger partial charge on any atom is 0.315 e. The Labute approximate surface area is 141 Å². The summed E-state index contributed by atoms with van der Waals surface area (Å²) in [4.78, 5) is 32.1. The molecule has 1 aliphatic rings. The molecule has 0 atom stereocenters. The van der Waals surface area contributed by atoms with E-state index in [0.717, 1.165) is 19.6 Å². The number of piperazine rings is 1. The van der Waals surface area contributed by atoms with Crippen molar-refractivity contribution in [2.75, 3.05) is 31.5 Å². The molecule has 0 saturated carbocycles. The fraction of sp³-hybridized carbons (Fsp3) is 0.278. The molecule has 1 fully saturated rings. The Morgan fingerprint density at radius 1 is 0.958 bits per heavy atom. The molecule has 0 spiro atoms. The number of rotatable bonds is 3. The second-order valence-corrected chi connectivity index (χ2v) is 5.72. The predicted molar refractivity (Wildman–Crippen MR) is 91.2 cm³/mol. The van der Waals surface area contributed by atoms with Crippen LogP contribution in [0.2, 0.25) is 0 Å². The SMILES string of the molecule is O=C(Nc1ccccn1)C(=O)N1CCN(Cc2ccccc2)CC1. The third-order valence-electron chi connectivity index (χ3n) is 4.01. The number of hydrogen-bond donors (Lipinski definition) is 1. The van der Waals surface area contributed by atoms with Gasteiger partial charge in [-0.15, -0.1) is 0 Å². The normalized spacial score (nSPS) is 15.1. The molecule has 1 N–H and O–H groups in total. The van der Waals surface area contributed by atoms with Crippen molar-refractivity contribution in [2.24, 2.45) is 0 Å². The fourth-order valence-electron chi connectivity index (χ4n) is 2.70. The van der Waals surface area contributed by atoms with Gasteiger partial charge in [0.05, 0.1) is 0 Å². The van der Waals surface area contributed by atoms with Crippen molar-refractivity contribution in [1.29, 1.82) is 0 Å². The Morgan fingerprint density at radius 3 is 2.33 bits per heavy atom. The van der Waals surface area contributed by atoms with Crippen LogP contribution in [-0.2, 0) is 16.1 Å². The second kappa shape index (κ2) is 7.70. The van der Waals surface area contributed by atoms with Crippen molar-refractivity contribution in [3.05, 3.63) is 60.3 Å². The van der Waals surface area contributed by atoms with E-state index in [2.05, 4.69) is 27.3 Å². The molecule has 6 nitrogen and oxygen atoms in total. The van der Waals surface area contributed by atoms with Crippen molar-refractivity contribution < 1.29 is 9.59 Å². The molecule has 1 aromatic carbocycles. The highest BCUT2D eigenvalue weighted by atomic mass is 16.2. The molecule has 3 rings (SSSR count). The third-order valence-corrected chi connectivity index (χ3v) is 4.01. The smallest absolute Gasteiger partial charge is 0.315 e. The summed E-state index contributed by atoms with van der Waals surface area (Å²) in [6.07, 6.45) is 1.57. The van der Waals surface area contributed by atoms with Crippen LogP contribution in [0.1, 0.15) is 5.56 Å². The van der Waals surface area contributed by atoms with Crippen LogP contribution < -0.4 is 5.32 Å². The number of pyridine rings is 1. The number of amides is 2. The summed E-state index contributed by atoms with van der Waals surface area (Å²) in [6.45, 7) is 3.50. The Morgan fingerprint density at radius 2 is 1.67 bits per heavy atom. The quantitative estimate of drug-likeness (QED) is 0.866. The molecule has 2 amide bonds. The van der Waals surface area contributed by atoms with Crippen molar-refractivity contribution in [3.8, 4) is 0 Å². The van der Waals surface area contributed by atoms with Gasteiger partial charge >= 0.3 is 11.8 Å². The van der Waals surface area contributed by atoms with Gasteiger partial charge in [0.2, 0.25) is 0 Å². The first-order chi connectivity index (χ1) is 11.7. The fourth-order valence-corrected chi connectivity index (χ4v) is 2.70. The van der Waals surface area contributed by atoms with Gasteiger partial charge in [0.15, 0.2) is 0 Å². The van der Waals surface area contributed by atoms with Gasteiger partial charge in [-0.1, -0.05) is 36.4 Å². The molecule has 0 unspecified atom stereocenters. The average Bonchev–Trinajstić information content (AvgIpc) is 2.63. The monoisotopic (exact) mass is 324 g/mol. The molecule has 0 radical (unpaired) electrons. The number of nitrogens with zero attached hydrogens (tertiary/aromatic N) is 3. The van der Waals surface area contributed by atoms with Gasteiger partial charge in [-0.05, 0) is 17.7 Å². The molecule has 2 aromatic rings. The lowest BCUT2D eigenvalue weighted by Gasteiger charge is -2.34. The lowest BCUT2D eigenvalue weighted by Crippen LogP contribution is -2.51. The van der Waals surface area contributed by atoms with E-state index in [0.29, 0.717) is 18.9 Å². The molecule has 6 heteroatoms. The minimum Gasteiger partial charge on any atom is -0.332 e. The number of hydrogen-bond acceptors (Lipinski definition) is 4.